The van der Waals surface area contributed by atoms with E-state index in [4.69, 9.17) is 4.74 Å². The Morgan fingerprint density at radius 1 is 1.04 bits per heavy atom. The Morgan fingerprint density at radius 2 is 1.67 bits per heavy atom. The topological polar surface area (TPSA) is 58.6 Å². The van der Waals surface area contributed by atoms with Crippen molar-refractivity contribution < 1.29 is 14.3 Å². The van der Waals surface area contributed by atoms with Crippen molar-refractivity contribution in [3.05, 3.63) is 29.8 Å². The zero-order chi connectivity index (χ0) is 19.2. The molecule has 0 aromatic heterocycles. The van der Waals surface area contributed by atoms with Crippen LogP contribution in [0.3, 0.4) is 0 Å². The molecule has 0 bridgehead atoms. The molecule has 0 unspecified atom stereocenters. The number of piperidine rings is 1. The van der Waals surface area contributed by atoms with E-state index in [9.17, 15) is 9.59 Å². The van der Waals surface area contributed by atoms with Crippen molar-refractivity contribution in [2.45, 2.75) is 52.0 Å². The molecule has 5 nitrogen and oxygen atoms in total. The van der Waals surface area contributed by atoms with Crippen LogP contribution >= 0.6 is 0 Å². The van der Waals surface area contributed by atoms with Gasteiger partial charge in [0.25, 0.3) is 0 Å². The number of methoxy groups -OCH3 is 1. The van der Waals surface area contributed by atoms with E-state index in [0.717, 1.165) is 68.8 Å². The number of carbonyl (C=O) groups is 2. The molecule has 5 heteroatoms. The van der Waals surface area contributed by atoms with Crippen LogP contribution in [0.4, 0.5) is 0 Å². The molecule has 1 saturated carbocycles. The molecule has 0 spiro atoms. The Morgan fingerprint density at radius 3 is 2.33 bits per heavy atom. The standard InChI is InChI=1S/C22H32N2O3/c1-16-11-13-24(14-12-16)22(26)18-9-7-17(8-10-18)21(25)23-15-19-5-3-4-6-20(19)27-2/h3-6,16-18H,7-15H2,1-2H3,(H,23,25). The number of para-hydroxylation sites is 1. The number of rotatable bonds is 5. The molecule has 0 atom stereocenters. The fourth-order valence-corrected chi connectivity index (χ4v) is 4.27. The van der Waals surface area contributed by atoms with E-state index in [0.29, 0.717) is 12.5 Å². The SMILES string of the molecule is COc1ccccc1CNC(=O)C1CCC(C(=O)N2CCC(C)CC2)CC1. The van der Waals surface area contributed by atoms with Crippen LogP contribution in [0.15, 0.2) is 24.3 Å². The van der Waals surface area contributed by atoms with Crippen molar-refractivity contribution in [2.75, 3.05) is 20.2 Å². The van der Waals surface area contributed by atoms with Crippen LogP contribution in [0, 0.1) is 17.8 Å². The molecule has 1 aromatic carbocycles. The van der Waals surface area contributed by atoms with Gasteiger partial charge >= 0.3 is 0 Å². The lowest BCUT2D eigenvalue weighted by Gasteiger charge is -2.35. The first kappa shape index (κ1) is 19.7. The van der Waals surface area contributed by atoms with Crippen molar-refractivity contribution in [3.63, 3.8) is 0 Å². The Balaban J connectivity index is 1.44. The van der Waals surface area contributed by atoms with Gasteiger partial charge in [0, 0.05) is 37.0 Å². The van der Waals surface area contributed by atoms with Crippen LogP contribution in [0.1, 0.15) is 51.0 Å². The number of nitrogens with one attached hydrogen (secondary N) is 1. The van der Waals surface area contributed by atoms with E-state index in [1.165, 1.54) is 0 Å². The van der Waals surface area contributed by atoms with E-state index in [2.05, 4.69) is 12.2 Å². The van der Waals surface area contributed by atoms with Crippen LogP contribution in [0.2, 0.25) is 0 Å². The van der Waals surface area contributed by atoms with Crippen LogP contribution in [0.25, 0.3) is 0 Å². The van der Waals surface area contributed by atoms with E-state index < -0.39 is 0 Å². The molecule has 27 heavy (non-hydrogen) atoms. The van der Waals surface area contributed by atoms with Gasteiger partial charge in [-0.3, -0.25) is 9.59 Å². The second-order valence-corrected chi connectivity index (χ2v) is 8.09. The van der Waals surface area contributed by atoms with Gasteiger partial charge in [0.15, 0.2) is 0 Å². The summed E-state index contributed by atoms with van der Waals surface area (Å²) >= 11 is 0. The second-order valence-electron chi connectivity index (χ2n) is 8.09. The van der Waals surface area contributed by atoms with Gasteiger partial charge in [0.2, 0.25) is 11.8 Å². The molecule has 1 N–H and O–H groups in total. The lowest BCUT2D eigenvalue weighted by Crippen LogP contribution is -2.43. The summed E-state index contributed by atoms with van der Waals surface area (Å²) in [6.45, 7) is 4.54. The summed E-state index contributed by atoms with van der Waals surface area (Å²) in [4.78, 5) is 27.3. The third-order valence-electron chi connectivity index (χ3n) is 6.19. The first-order valence-electron chi connectivity index (χ1n) is 10.3. The Hall–Kier alpha value is -2.04. The molecule has 1 aromatic rings. The molecule has 1 aliphatic carbocycles. The number of benzene rings is 1. The molecule has 3 rings (SSSR count). The highest BCUT2D eigenvalue weighted by Crippen LogP contribution is 2.31. The maximum Gasteiger partial charge on any atom is 0.225 e. The molecule has 1 saturated heterocycles. The lowest BCUT2D eigenvalue weighted by atomic mass is 9.80. The molecular weight excluding hydrogens is 340 g/mol. The van der Waals surface area contributed by atoms with Gasteiger partial charge in [-0.25, -0.2) is 0 Å². The van der Waals surface area contributed by atoms with Crippen LogP contribution in [-0.4, -0.2) is 36.9 Å². The normalized spacial score (nSPS) is 23.7. The van der Waals surface area contributed by atoms with E-state index in [-0.39, 0.29) is 17.7 Å². The number of hydrogen-bond acceptors (Lipinski definition) is 3. The number of amides is 2. The largest absolute Gasteiger partial charge is 0.496 e. The first-order valence-corrected chi connectivity index (χ1v) is 10.3. The molecule has 2 amide bonds. The van der Waals surface area contributed by atoms with Gasteiger partial charge in [-0.05, 0) is 50.5 Å². The fraction of sp³-hybridized carbons (Fsp3) is 0.636. The Labute approximate surface area is 162 Å². The average molecular weight is 373 g/mol. The number of likely N-dealkylation sites (tertiary alicyclic amines) is 1. The van der Waals surface area contributed by atoms with Gasteiger partial charge in [-0.1, -0.05) is 25.1 Å². The van der Waals surface area contributed by atoms with Crippen LogP contribution in [-0.2, 0) is 16.1 Å². The highest BCUT2D eigenvalue weighted by Gasteiger charge is 2.33. The number of nitrogens with zero attached hydrogens (tertiary/aromatic N) is 1. The van der Waals surface area contributed by atoms with Crippen LogP contribution < -0.4 is 10.1 Å². The molecular formula is C22H32N2O3. The predicted molar refractivity (Wildman–Crippen MR) is 105 cm³/mol. The van der Waals surface area contributed by atoms with Crippen molar-refractivity contribution in [3.8, 4) is 5.75 Å². The smallest absolute Gasteiger partial charge is 0.225 e. The average Bonchev–Trinajstić information content (AvgIpc) is 2.72. The molecule has 2 aliphatic rings. The Bertz CT molecular complexity index is 645. The van der Waals surface area contributed by atoms with Gasteiger partial charge < -0.3 is 15.0 Å². The minimum Gasteiger partial charge on any atom is -0.496 e. The summed E-state index contributed by atoms with van der Waals surface area (Å²) in [5.41, 5.74) is 0.983. The summed E-state index contributed by atoms with van der Waals surface area (Å²) in [5, 5.41) is 3.04. The minimum atomic E-state index is 0.0186. The van der Waals surface area contributed by atoms with E-state index in [1.54, 1.807) is 7.11 Å². The summed E-state index contributed by atoms with van der Waals surface area (Å²) in [5.74, 6) is 2.06. The zero-order valence-corrected chi connectivity index (χ0v) is 16.6. The van der Waals surface area contributed by atoms with Crippen molar-refractivity contribution in [2.24, 2.45) is 17.8 Å². The van der Waals surface area contributed by atoms with E-state index in [1.807, 2.05) is 29.2 Å². The summed E-state index contributed by atoms with van der Waals surface area (Å²) in [6, 6.07) is 7.74. The highest BCUT2D eigenvalue weighted by molar-refractivity contribution is 5.81. The summed E-state index contributed by atoms with van der Waals surface area (Å²) in [6.07, 6.45) is 5.50. The third kappa shape index (κ3) is 5.02. The van der Waals surface area contributed by atoms with Crippen molar-refractivity contribution in [1.82, 2.24) is 10.2 Å². The third-order valence-corrected chi connectivity index (χ3v) is 6.19. The van der Waals surface area contributed by atoms with Crippen molar-refractivity contribution in [1.29, 1.82) is 0 Å². The van der Waals surface area contributed by atoms with Crippen LogP contribution in [0.5, 0.6) is 5.75 Å². The maximum atomic E-state index is 12.7. The molecule has 148 valence electrons. The monoisotopic (exact) mass is 372 g/mol. The first-order chi connectivity index (χ1) is 13.1. The van der Waals surface area contributed by atoms with Crippen molar-refractivity contribution >= 4 is 11.8 Å². The predicted octanol–water partition coefficient (Wildman–Crippen LogP) is 3.38. The summed E-state index contributed by atoms with van der Waals surface area (Å²) in [7, 11) is 1.64. The molecule has 0 radical (unpaired) electrons. The Kier molecular flexibility index (Phi) is 6.75. The molecule has 1 aliphatic heterocycles. The molecule has 2 fully saturated rings. The number of ether oxygens (including phenoxy) is 1. The molecule has 1 heterocycles. The van der Waals surface area contributed by atoms with Gasteiger partial charge in [-0.15, -0.1) is 0 Å². The van der Waals surface area contributed by atoms with Gasteiger partial charge in [0.1, 0.15) is 5.75 Å². The van der Waals surface area contributed by atoms with E-state index >= 15 is 0 Å². The lowest BCUT2D eigenvalue weighted by molar-refractivity contribution is -0.139. The summed E-state index contributed by atoms with van der Waals surface area (Å²) < 4.78 is 5.33. The highest BCUT2D eigenvalue weighted by atomic mass is 16.5. The second kappa shape index (κ2) is 9.25. The number of carbonyl (C=O) groups excluding carboxylic acids is 2. The van der Waals surface area contributed by atoms with Gasteiger partial charge in [-0.2, -0.15) is 0 Å². The number of hydrogen-bond donors (Lipinski definition) is 1. The fourth-order valence-electron chi connectivity index (χ4n) is 4.27. The zero-order valence-electron chi connectivity index (χ0n) is 16.6. The quantitative estimate of drug-likeness (QED) is 0.862. The van der Waals surface area contributed by atoms with Gasteiger partial charge in [0.05, 0.1) is 7.11 Å². The minimum absolute atomic E-state index is 0.0186. The maximum absolute atomic E-state index is 12.7.